The van der Waals surface area contributed by atoms with Crippen LogP contribution in [0.3, 0.4) is 0 Å². The van der Waals surface area contributed by atoms with E-state index in [1.54, 1.807) is 128 Å². The first-order valence-electron chi connectivity index (χ1n) is 19.4. The van der Waals surface area contributed by atoms with Crippen molar-refractivity contribution < 1.29 is 0 Å². The molecule has 0 radical (unpaired) electrons. The second-order valence-corrected chi connectivity index (χ2v) is 17.0. The van der Waals surface area contributed by atoms with E-state index < -0.39 is 0 Å². The molecule has 12 unspecified atom stereocenters. The Morgan fingerprint density at radius 1 is 0.325 bits per heavy atom. The van der Waals surface area contributed by atoms with Crippen LogP contribution in [0, 0.1) is 76.9 Å². The van der Waals surface area contributed by atoms with E-state index in [1.807, 2.05) is 0 Å². The van der Waals surface area contributed by atoms with Gasteiger partial charge in [0.15, 0.2) is 0 Å². The summed E-state index contributed by atoms with van der Waals surface area (Å²) in [7, 11) is 0. The Kier molecular flexibility index (Phi) is 9.38. The molecule has 12 atom stereocenters. The van der Waals surface area contributed by atoms with Gasteiger partial charge in [0.25, 0.3) is 0 Å². The molecular formula is C40H66. The molecule has 7 rings (SSSR count). The highest BCUT2D eigenvalue weighted by molar-refractivity contribution is 5.06. The summed E-state index contributed by atoms with van der Waals surface area (Å²) in [6, 6.07) is 0. The zero-order chi connectivity index (χ0) is 26.9. The maximum atomic E-state index is 4.40. The number of hydrogen-bond acceptors (Lipinski definition) is 0. The monoisotopic (exact) mass is 547 g/mol. The van der Waals surface area contributed by atoms with E-state index in [2.05, 4.69) is 12.7 Å². The molecular weight excluding hydrogens is 480 g/mol. The summed E-state index contributed by atoms with van der Waals surface area (Å²) in [6.45, 7) is 4.40. The van der Waals surface area contributed by atoms with Gasteiger partial charge >= 0.3 is 0 Å². The lowest BCUT2D eigenvalue weighted by atomic mass is 9.44. The first kappa shape index (κ1) is 28.5. The molecule has 0 nitrogen and oxygen atoms in total. The maximum absolute atomic E-state index is 4.40. The van der Waals surface area contributed by atoms with Crippen molar-refractivity contribution in [2.24, 2.45) is 76.9 Å². The first-order chi connectivity index (χ1) is 19.8. The summed E-state index contributed by atoms with van der Waals surface area (Å²) in [6.07, 6.45) is 41.6. The predicted octanol–water partition coefficient (Wildman–Crippen LogP) is 12.0. The number of hydrogen-bond donors (Lipinski definition) is 0. The van der Waals surface area contributed by atoms with Crippen LogP contribution in [-0.2, 0) is 0 Å². The van der Waals surface area contributed by atoms with E-state index in [9.17, 15) is 0 Å². The van der Waals surface area contributed by atoms with Gasteiger partial charge < -0.3 is 0 Å². The van der Waals surface area contributed by atoms with Crippen molar-refractivity contribution in [2.75, 3.05) is 0 Å². The van der Waals surface area contributed by atoms with E-state index in [-0.39, 0.29) is 0 Å². The average Bonchev–Trinajstić information content (AvgIpc) is 3.41. The molecule has 7 aliphatic rings. The fraction of sp³-hybridized carbons (Fsp3) is 0.950. The molecule has 7 aliphatic carbocycles. The lowest BCUT2D eigenvalue weighted by Crippen LogP contribution is -2.54. The van der Waals surface area contributed by atoms with E-state index in [0.717, 1.165) is 76.9 Å². The molecule has 0 heterocycles. The molecule has 0 aliphatic heterocycles. The second kappa shape index (κ2) is 13.2. The summed E-state index contributed by atoms with van der Waals surface area (Å²) >= 11 is 0. The SMILES string of the molecule is C=CC1CCC2C(C1)C(C1CCCC3CCCCC31)C1CCCCCC1C2C1CCCC(C2CCCCC2)CC1. The number of allylic oxidation sites excluding steroid dienone is 1. The van der Waals surface area contributed by atoms with Gasteiger partial charge in [0.05, 0.1) is 0 Å². The van der Waals surface area contributed by atoms with Crippen LogP contribution in [0.2, 0.25) is 0 Å². The third kappa shape index (κ3) is 5.68. The second-order valence-electron chi connectivity index (χ2n) is 17.0. The Morgan fingerprint density at radius 2 is 0.800 bits per heavy atom. The van der Waals surface area contributed by atoms with Crippen molar-refractivity contribution in [3.05, 3.63) is 12.7 Å². The van der Waals surface area contributed by atoms with Gasteiger partial charge in [-0.15, -0.1) is 6.58 Å². The number of rotatable bonds is 4. The molecule has 0 bridgehead atoms. The largest absolute Gasteiger partial charge is 0.103 e. The van der Waals surface area contributed by atoms with Crippen LogP contribution < -0.4 is 0 Å². The third-order valence-corrected chi connectivity index (χ3v) is 15.5. The summed E-state index contributed by atoms with van der Waals surface area (Å²) in [4.78, 5) is 0. The van der Waals surface area contributed by atoms with Crippen LogP contribution >= 0.6 is 0 Å². The highest BCUT2D eigenvalue weighted by Gasteiger charge is 2.56. The average molecular weight is 547 g/mol. The van der Waals surface area contributed by atoms with Crippen molar-refractivity contribution in [3.8, 4) is 0 Å². The van der Waals surface area contributed by atoms with Gasteiger partial charge in [-0.05, 0) is 135 Å². The number of fused-ring (bicyclic) bond motifs is 3. The van der Waals surface area contributed by atoms with E-state index in [0.29, 0.717) is 0 Å². The highest BCUT2D eigenvalue weighted by atomic mass is 14.6. The van der Waals surface area contributed by atoms with Gasteiger partial charge in [-0.2, -0.15) is 0 Å². The van der Waals surface area contributed by atoms with Crippen LogP contribution in [0.5, 0.6) is 0 Å². The molecule has 0 amide bonds. The minimum absolute atomic E-state index is 0.822. The molecule has 40 heavy (non-hydrogen) atoms. The lowest BCUT2D eigenvalue weighted by Gasteiger charge is -2.61. The summed E-state index contributed by atoms with van der Waals surface area (Å²) < 4.78 is 0. The van der Waals surface area contributed by atoms with Gasteiger partial charge in [0.1, 0.15) is 0 Å². The van der Waals surface area contributed by atoms with E-state index in [1.165, 1.54) is 32.1 Å². The molecule has 226 valence electrons. The van der Waals surface area contributed by atoms with Gasteiger partial charge in [-0.1, -0.05) is 109 Å². The maximum Gasteiger partial charge on any atom is -0.0233 e. The molecule has 0 N–H and O–H groups in total. The van der Waals surface area contributed by atoms with Crippen LogP contribution in [0.4, 0.5) is 0 Å². The normalized spacial score (nSPS) is 49.0. The van der Waals surface area contributed by atoms with Crippen molar-refractivity contribution in [1.29, 1.82) is 0 Å². The highest BCUT2D eigenvalue weighted by Crippen LogP contribution is 2.64. The Balaban J connectivity index is 1.18. The molecule has 0 aromatic carbocycles. The standard InChI is InChI=1S/C40H66/c1-2-28-23-26-37-38(27-28)40(34-22-12-17-31-15-9-10-19-33(31)34)36-21-8-4-7-20-35(36)39(37)32-18-11-16-30(24-25-32)29-13-5-3-6-14-29/h2,28-40H,1,3-27H2. The van der Waals surface area contributed by atoms with Crippen LogP contribution in [0.25, 0.3) is 0 Å². The Hall–Kier alpha value is -0.260. The van der Waals surface area contributed by atoms with Crippen molar-refractivity contribution in [3.63, 3.8) is 0 Å². The Labute approximate surface area is 249 Å². The zero-order valence-electron chi connectivity index (χ0n) is 26.5. The van der Waals surface area contributed by atoms with Gasteiger partial charge in [0.2, 0.25) is 0 Å². The topological polar surface area (TPSA) is 0 Å². The minimum atomic E-state index is 0.822. The van der Waals surface area contributed by atoms with Crippen molar-refractivity contribution >= 4 is 0 Å². The summed E-state index contributed by atoms with van der Waals surface area (Å²) in [5.41, 5.74) is 0. The fourth-order valence-corrected chi connectivity index (χ4v) is 14.0. The van der Waals surface area contributed by atoms with Crippen LogP contribution in [0.15, 0.2) is 12.7 Å². The Bertz CT molecular complexity index is 803. The van der Waals surface area contributed by atoms with Gasteiger partial charge in [-0.25, -0.2) is 0 Å². The lowest BCUT2D eigenvalue weighted by molar-refractivity contribution is -0.120. The Morgan fingerprint density at radius 3 is 1.62 bits per heavy atom. The smallest absolute Gasteiger partial charge is 0.0233 e. The van der Waals surface area contributed by atoms with Crippen molar-refractivity contribution in [2.45, 2.75) is 161 Å². The fourth-order valence-electron chi connectivity index (χ4n) is 14.0. The summed E-state index contributed by atoms with van der Waals surface area (Å²) in [5.74, 6) is 13.8. The van der Waals surface area contributed by atoms with Gasteiger partial charge in [-0.3, -0.25) is 0 Å². The van der Waals surface area contributed by atoms with E-state index >= 15 is 0 Å². The van der Waals surface area contributed by atoms with Crippen LogP contribution in [-0.4, -0.2) is 0 Å². The van der Waals surface area contributed by atoms with Crippen LogP contribution in [0.1, 0.15) is 161 Å². The minimum Gasteiger partial charge on any atom is -0.103 e. The molecule has 0 aromatic rings. The predicted molar refractivity (Wildman–Crippen MR) is 171 cm³/mol. The quantitative estimate of drug-likeness (QED) is 0.243. The third-order valence-electron chi connectivity index (χ3n) is 15.5. The molecule has 0 aromatic heterocycles. The summed E-state index contributed by atoms with van der Waals surface area (Å²) in [5, 5.41) is 0. The van der Waals surface area contributed by atoms with Gasteiger partial charge in [0, 0.05) is 0 Å². The molecule has 0 heteroatoms. The molecule has 0 saturated heterocycles. The molecule has 7 saturated carbocycles. The first-order valence-corrected chi connectivity index (χ1v) is 19.4. The van der Waals surface area contributed by atoms with E-state index in [4.69, 9.17) is 0 Å². The molecule has 0 spiro atoms. The molecule has 7 fully saturated rings. The zero-order valence-corrected chi connectivity index (χ0v) is 26.5. The van der Waals surface area contributed by atoms with Crippen molar-refractivity contribution in [1.82, 2.24) is 0 Å².